The lowest BCUT2D eigenvalue weighted by Gasteiger charge is -2.18. The van der Waals surface area contributed by atoms with Crippen LogP contribution in [0.1, 0.15) is 28.4 Å². The summed E-state index contributed by atoms with van der Waals surface area (Å²) in [7, 11) is -3.51. The second-order valence-electron chi connectivity index (χ2n) is 6.75. The second-order valence-corrected chi connectivity index (χ2v) is 8.76. The lowest BCUT2D eigenvalue weighted by atomic mass is 10.0. The predicted octanol–water partition coefficient (Wildman–Crippen LogP) is 0.466. The summed E-state index contributed by atoms with van der Waals surface area (Å²) in [5.41, 5.74) is 1.15. The maximum Gasteiger partial charge on any atom is 0.305 e. The number of carboxylic acid groups (broad SMARTS) is 1. The summed E-state index contributed by atoms with van der Waals surface area (Å²) in [6.07, 6.45) is 1.80. The van der Waals surface area contributed by atoms with Crippen LogP contribution in [0, 0.1) is 0 Å². The number of rotatable bonds is 10. The van der Waals surface area contributed by atoms with E-state index in [1.807, 2.05) is 0 Å². The van der Waals surface area contributed by atoms with Gasteiger partial charge in [-0.05, 0) is 35.9 Å². The van der Waals surface area contributed by atoms with Crippen LogP contribution in [-0.2, 0) is 19.4 Å². The summed E-state index contributed by atoms with van der Waals surface area (Å²) in [5.74, 6) is 2.66. The molecule has 0 radical (unpaired) electrons. The van der Waals surface area contributed by atoms with Gasteiger partial charge in [-0.15, -0.1) is 0 Å². The number of hydrazone groups is 1. The summed E-state index contributed by atoms with van der Waals surface area (Å²) in [4.78, 5) is 35.9. The van der Waals surface area contributed by atoms with E-state index in [0.717, 1.165) is 6.26 Å². The normalized spacial score (nSPS) is 12.2. The molecule has 1 atom stereocenters. The quantitative estimate of drug-likeness (QED) is 0.146. The Morgan fingerprint density at radius 2 is 1.88 bits per heavy atom. The number of carbonyl (C=O) groups excluding carboxylic acids is 2. The van der Waals surface area contributed by atoms with Gasteiger partial charge in [-0.2, -0.15) is 5.10 Å². The minimum absolute atomic E-state index is 0.00103. The van der Waals surface area contributed by atoms with Crippen molar-refractivity contribution in [2.75, 3.05) is 18.1 Å². The monoisotopic (exact) mass is 461 g/mol. The van der Waals surface area contributed by atoms with Gasteiger partial charge < -0.3 is 26.9 Å². The van der Waals surface area contributed by atoms with Crippen molar-refractivity contribution in [3.8, 4) is 0 Å². The third-order valence-electron chi connectivity index (χ3n) is 4.24. The Labute approximate surface area is 184 Å². The van der Waals surface area contributed by atoms with Gasteiger partial charge in [-0.25, -0.2) is 8.42 Å². The van der Waals surface area contributed by atoms with E-state index < -0.39 is 46.6 Å². The number of nitrogens with one attached hydrogen (secondary N) is 3. The summed E-state index contributed by atoms with van der Waals surface area (Å²) < 4.78 is 23.6. The molecule has 0 saturated heterocycles. The summed E-state index contributed by atoms with van der Waals surface area (Å²) in [6.45, 7) is -0.414. The fraction of sp³-hybridized carbons (Fsp3) is 0.200. The Morgan fingerprint density at radius 1 is 1.16 bits per heavy atom. The van der Waals surface area contributed by atoms with Crippen LogP contribution >= 0.6 is 0 Å². The molecular weight excluding hydrogens is 438 g/mol. The van der Waals surface area contributed by atoms with Crippen molar-refractivity contribution >= 4 is 39.6 Å². The van der Waals surface area contributed by atoms with Crippen molar-refractivity contribution in [2.45, 2.75) is 17.4 Å². The van der Waals surface area contributed by atoms with Crippen molar-refractivity contribution < 1.29 is 27.9 Å². The van der Waals surface area contributed by atoms with Crippen molar-refractivity contribution in [1.82, 2.24) is 10.6 Å². The molecule has 170 valence electrons. The van der Waals surface area contributed by atoms with Crippen LogP contribution in [0.5, 0.6) is 0 Å². The maximum absolute atomic E-state index is 12.4. The average molecular weight is 462 g/mol. The maximum atomic E-state index is 12.4. The number of carboxylic acids is 1. The highest BCUT2D eigenvalue weighted by Gasteiger charge is 2.20. The van der Waals surface area contributed by atoms with Crippen molar-refractivity contribution in [2.24, 2.45) is 10.9 Å². The molecule has 0 fully saturated rings. The first-order chi connectivity index (χ1) is 15.1. The van der Waals surface area contributed by atoms with E-state index in [1.165, 1.54) is 36.7 Å². The molecule has 2 amide bonds. The highest BCUT2D eigenvalue weighted by Crippen LogP contribution is 2.20. The van der Waals surface area contributed by atoms with Crippen LogP contribution < -0.4 is 21.8 Å². The highest BCUT2D eigenvalue weighted by molar-refractivity contribution is 7.90. The van der Waals surface area contributed by atoms with Crippen molar-refractivity contribution in [3.63, 3.8) is 0 Å². The first-order valence-electron chi connectivity index (χ1n) is 9.28. The van der Waals surface area contributed by atoms with Gasteiger partial charge in [0.1, 0.15) is 6.34 Å². The smallest absolute Gasteiger partial charge is 0.305 e. The predicted molar refractivity (Wildman–Crippen MR) is 118 cm³/mol. The number of nitrogens with zero attached hydrogens (tertiary/aromatic N) is 1. The zero-order valence-corrected chi connectivity index (χ0v) is 17.9. The van der Waals surface area contributed by atoms with Crippen molar-refractivity contribution in [1.29, 1.82) is 0 Å². The molecule has 2 rings (SSSR count). The van der Waals surface area contributed by atoms with Gasteiger partial charge >= 0.3 is 5.97 Å². The van der Waals surface area contributed by atoms with E-state index in [-0.39, 0.29) is 10.5 Å². The van der Waals surface area contributed by atoms with Gasteiger partial charge in [0, 0.05) is 17.5 Å². The molecular formula is C20H23N5O6S. The van der Waals surface area contributed by atoms with E-state index in [1.54, 1.807) is 18.2 Å². The van der Waals surface area contributed by atoms with Gasteiger partial charge in [0.05, 0.1) is 23.9 Å². The van der Waals surface area contributed by atoms with Crippen LogP contribution in [0.4, 0.5) is 5.69 Å². The number of aliphatic carboxylic acids is 1. The van der Waals surface area contributed by atoms with E-state index >= 15 is 0 Å². The number of benzene rings is 2. The number of hydrogen-bond donors (Lipinski definition) is 5. The molecule has 0 bridgehead atoms. The zero-order chi connectivity index (χ0) is 23.7. The van der Waals surface area contributed by atoms with Gasteiger partial charge in [-0.3, -0.25) is 14.4 Å². The molecule has 1 unspecified atom stereocenters. The van der Waals surface area contributed by atoms with E-state index in [0.29, 0.717) is 11.3 Å². The molecule has 0 aliphatic rings. The number of sulfone groups is 1. The highest BCUT2D eigenvalue weighted by atomic mass is 32.2. The van der Waals surface area contributed by atoms with Crippen molar-refractivity contribution in [3.05, 3.63) is 59.7 Å². The molecule has 2 aromatic rings. The van der Waals surface area contributed by atoms with E-state index in [9.17, 15) is 27.9 Å². The van der Waals surface area contributed by atoms with E-state index in [2.05, 4.69) is 21.1 Å². The molecule has 0 heterocycles. The third kappa shape index (κ3) is 7.40. The van der Waals surface area contributed by atoms with Gasteiger partial charge in [0.2, 0.25) is 5.91 Å². The summed E-state index contributed by atoms with van der Waals surface area (Å²) in [5, 5.41) is 20.2. The van der Waals surface area contributed by atoms with Gasteiger partial charge in [-0.1, -0.05) is 18.2 Å². The molecule has 32 heavy (non-hydrogen) atoms. The molecule has 0 saturated carbocycles. The van der Waals surface area contributed by atoms with E-state index in [4.69, 9.17) is 5.84 Å². The number of amides is 2. The minimum Gasteiger partial charge on any atom is -0.481 e. The lowest BCUT2D eigenvalue weighted by Crippen LogP contribution is -2.39. The number of nitrogens with two attached hydrogens (primary N) is 1. The molecule has 0 aromatic heterocycles. The van der Waals surface area contributed by atoms with Crippen LogP contribution in [0.2, 0.25) is 0 Å². The Hall–Kier alpha value is -3.93. The fourth-order valence-corrected chi connectivity index (χ4v) is 3.43. The van der Waals surface area contributed by atoms with Crippen LogP contribution in [-0.4, -0.2) is 50.4 Å². The molecule has 0 aliphatic carbocycles. The molecule has 11 nitrogen and oxygen atoms in total. The average Bonchev–Trinajstić information content (AvgIpc) is 2.75. The van der Waals surface area contributed by atoms with Crippen LogP contribution in [0.15, 0.2) is 58.5 Å². The fourth-order valence-electron chi connectivity index (χ4n) is 2.76. The van der Waals surface area contributed by atoms with Gasteiger partial charge in [0.15, 0.2) is 9.84 Å². The molecule has 0 aliphatic heterocycles. The van der Waals surface area contributed by atoms with Crippen LogP contribution in [0.25, 0.3) is 0 Å². The minimum atomic E-state index is -3.51. The number of hydrogen-bond acceptors (Lipinski definition) is 7. The molecule has 6 N–H and O–H groups in total. The Bertz CT molecular complexity index is 1130. The molecule has 0 spiro atoms. The summed E-state index contributed by atoms with van der Waals surface area (Å²) in [6, 6.07) is 11.1. The molecule has 12 heteroatoms. The largest absolute Gasteiger partial charge is 0.481 e. The molecule has 2 aromatic carbocycles. The first kappa shape index (κ1) is 24.3. The first-order valence-corrected chi connectivity index (χ1v) is 11.2. The van der Waals surface area contributed by atoms with Crippen LogP contribution in [0.3, 0.4) is 0 Å². The Morgan fingerprint density at radius 3 is 2.53 bits per heavy atom. The lowest BCUT2D eigenvalue weighted by molar-refractivity contribution is -0.137. The van der Waals surface area contributed by atoms with Gasteiger partial charge in [0.25, 0.3) is 5.91 Å². The number of carbonyl (C=O) groups is 3. The standard InChI is InChI=1S/C20H23N5O6S/c1-32(30,31)16-7-3-4-13(9-16)17(10-19(27)28)25-18(26)11-22-20(29)14-5-2-6-15(8-14)23-12-24-21/h2-9,12,17H,10-11,21H2,1H3,(H,22,29)(H,23,24)(H,25,26)(H,27,28). The Kier molecular flexibility index (Phi) is 8.30. The Balaban J connectivity index is 2.06. The third-order valence-corrected chi connectivity index (χ3v) is 5.35. The SMILES string of the molecule is CS(=O)(=O)c1cccc(C(CC(=O)O)NC(=O)CNC(=O)c2cccc(NC=NN)c2)c1. The topological polar surface area (TPSA) is 180 Å². The number of anilines is 1. The second kappa shape index (κ2) is 10.9. The zero-order valence-electron chi connectivity index (χ0n) is 17.1. The summed E-state index contributed by atoms with van der Waals surface area (Å²) >= 11 is 0.